The lowest BCUT2D eigenvalue weighted by Gasteiger charge is -2.20. The van der Waals surface area contributed by atoms with Crippen molar-refractivity contribution in [2.75, 3.05) is 32.5 Å². The van der Waals surface area contributed by atoms with Gasteiger partial charge in [0.15, 0.2) is 0 Å². The number of ether oxygens (including phenoxy) is 2. The van der Waals surface area contributed by atoms with Gasteiger partial charge in [0.2, 0.25) is 5.82 Å². The minimum Gasteiger partial charge on any atom is -0.433 e. The number of rotatable bonds is 12. The van der Waals surface area contributed by atoms with Gasteiger partial charge in [-0.15, -0.1) is 0 Å². The molecule has 0 atom stereocenters. The van der Waals surface area contributed by atoms with Crippen molar-refractivity contribution in [3.8, 4) is 29.5 Å². The summed E-state index contributed by atoms with van der Waals surface area (Å²) in [5.74, 6) is -1.23. The molecule has 0 radical (unpaired) electrons. The number of nitriles is 1. The van der Waals surface area contributed by atoms with Crippen LogP contribution in [0, 0.1) is 21.4 Å². The maximum atomic E-state index is 13.3. The molecule has 1 heterocycles. The van der Waals surface area contributed by atoms with E-state index in [1.165, 1.54) is 35.2 Å². The minimum atomic E-state index is -0.688. The number of carbonyl (C=O) groups excluding carboxylic acids is 2. The van der Waals surface area contributed by atoms with E-state index in [9.17, 15) is 25.0 Å². The third-order valence-electron chi connectivity index (χ3n) is 6.61. The molecule has 0 aliphatic rings. The number of hydrogen-bond acceptors (Lipinski definition) is 10. The topological polar surface area (TPSA) is 164 Å². The Balaban J connectivity index is 1.83. The van der Waals surface area contributed by atoms with Crippen LogP contribution in [0.25, 0.3) is 0 Å². The summed E-state index contributed by atoms with van der Waals surface area (Å²) in [6.45, 7) is 4.70. The van der Waals surface area contributed by atoms with Crippen molar-refractivity contribution in [3.63, 3.8) is 0 Å². The Morgan fingerprint density at radius 1 is 0.956 bits per heavy atom. The number of aromatic nitrogens is 2. The molecule has 13 heteroatoms. The van der Waals surface area contributed by atoms with Crippen molar-refractivity contribution < 1.29 is 24.0 Å². The minimum absolute atomic E-state index is 0.0154. The highest BCUT2D eigenvalue weighted by Gasteiger charge is 2.29. The average molecular weight is 610 g/mol. The van der Waals surface area contributed by atoms with Gasteiger partial charge in [0.25, 0.3) is 11.8 Å². The van der Waals surface area contributed by atoms with E-state index < -0.39 is 16.5 Å². The molecular formula is C32H31N7O6. The van der Waals surface area contributed by atoms with Gasteiger partial charge in [-0.25, -0.2) is 0 Å². The summed E-state index contributed by atoms with van der Waals surface area (Å²) in [5.41, 5.74) is 0.896. The number of nitrogens with zero attached hydrogens (tertiary/aromatic N) is 6. The molecule has 3 aromatic carbocycles. The van der Waals surface area contributed by atoms with E-state index in [1.54, 1.807) is 31.1 Å². The molecule has 1 N–H and O–H groups in total. The summed E-state index contributed by atoms with van der Waals surface area (Å²) in [7, 11) is 3.19. The fourth-order valence-electron chi connectivity index (χ4n) is 4.30. The Morgan fingerprint density at radius 2 is 1.69 bits per heavy atom. The molecule has 0 aliphatic carbocycles. The molecule has 0 aliphatic heterocycles. The number of anilines is 1. The van der Waals surface area contributed by atoms with Gasteiger partial charge in [-0.3, -0.25) is 19.7 Å². The first kappa shape index (κ1) is 31.9. The van der Waals surface area contributed by atoms with Crippen LogP contribution in [-0.4, -0.2) is 63.7 Å². The Hall–Kier alpha value is -6.03. The van der Waals surface area contributed by atoms with Gasteiger partial charge in [0.05, 0.1) is 22.1 Å². The van der Waals surface area contributed by atoms with Crippen molar-refractivity contribution in [3.05, 3.63) is 105 Å². The first-order valence-electron chi connectivity index (χ1n) is 14.0. The molecule has 0 saturated heterocycles. The van der Waals surface area contributed by atoms with Crippen LogP contribution in [0.2, 0.25) is 0 Å². The van der Waals surface area contributed by atoms with Gasteiger partial charge >= 0.3 is 17.6 Å². The quantitative estimate of drug-likeness (QED) is 0.157. The van der Waals surface area contributed by atoms with Gasteiger partial charge < -0.3 is 24.6 Å². The number of hydrogen-bond donors (Lipinski definition) is 1. The van der Waals surface area contributed by atoms with Crippen LogP contribution in [-0.2, 0) is 6.54 Å². The Bertz CT molecular complexity index is 1750. The largest absolute Gasteiger partial charge is 0.433 e. The molecule has 230 valence electrons. The highest BCUT2D eigenvalue weighted by atomic mass is 16.6. The van der Waals surface area contributed by atoms with Crippen molar-refractivity contribution in [1.29, 1.82) is 5.26 Å². The lowest BCUT2D eigenvalue weighted by molar-refractivity contribution is -0.385. The number of benzene rings is 3. The first-order valence-corrected chi connectivity index (χ1v) is 14.0. The summed E-state index contributed by atoms with van der Waals surface area (Å²) in [4.78, 5) is 49.0. The van der Waals surface area contributed by atoms with Crippen LogP contribution in [0.5, 0.6) is 23.4 Å². The third-order valence-corrected chi connectivity index (χ3v) is 6.61. The molecule has 1 aromatic heterocycles. The fraction of sp³-hybridized carbons (Fsp3) is 0.219. The number of nitrogens with one attached hydrogen (secondary N) is 1. The Morgan fingerprint density at radius 3 is 2.33 bits per heavy atom. The monoisotopic (exact) mass is 609 g/mol. The number of nitro groups is 1. The van der Waals surface area contributed by atoms with E-state index in [2.05, 4.69) is 15.3 Å². The summed E-state index contributed by atoms with van der Waals surface area (Å²) in [6, 6.07) is 21.2. The van der Waals surface area contributed by atoms with E-state index in [4.69, 9.17) is 9.47 Å². The predicted octanol–water partition coefficient (Wildman–Crippen LogP) is 5.64. The normalized spacial score (nSPS) is 10.4. The molecular weight excluding hydrogens is 578 g/mol. The molecule has 0 saturated carbocycles. The molecule has 45 heavy (non-hydrogen) atoms. The zero-order valence-corrected chi connectivity index (χ0v) is 25.2. The van der Waals surface area contributed by atoms with E-state index in [0.717, 1.165) is 5.56 Å². The molecule has 0 unspecified atom stereocenters. The smallest absolute Gasteiger partial charge is 0.373 e. The molecule has 2 amide bonds. The van der Waals surface area contributed by atoms with Crippen LogP contribution >= 0.6 is 0 Å². The van der Waals surface area contributed by atoms with Crippen molar-refractivity contribution in [1.82, 2.24) is 19.8 Å². The Labute approximate surface area is 259 Å². The number of amides is 2. The standard InChI is InChI=1S/C32H31N7O6/c1-5-38(6-2)31(41)25-16-15-22(19-33)17-26(25)45-32-35-28(34-20-21-11-8-7-9-12-21)27(39(42)43)29(36-32)44-24-14-10-13-23(18-24)30(40)37(3)4/h7-18H,5-6,20H2,1-4H3,(H,34,35,36). The average Bonchev–Trinajstić information content (AvgIpc) is 3.04. The highest BCUT2D eigenvalue weighted by Crippen LogP contribution is 2.38. The summed E-state index contributed by atoms with van der Waals surface area (Å²) < 4.78 is 11.9. The second-order valence-electron chi connectivity index (χ2n) is 9.84. The lowest BCUT2D eigenvalue weighted by Crippen LogP contribution is -2.30. The number of carbonyl (C=O) groups is 2. The first-order chi connectivity index (χ1) is 21.6. The van der Waals surface area contributed by atoms with Crippen LogP contribution in [0.1, 0.15) is 45.7 Å². The Kier molecular flexibility index (Phi) is 10.2. The predicted molar refractivity (Wildman–Crippen MR) is 165 cm³/mol. The second-order valence-corrected chi connectivity index (χ2v) is 9.84. The lowest BCUT2D eigenvalue weighted by atomic mass is 10.1. The van der Waals surface area contributed by atoms with E-state index in [1.807, 2.05) is 50.2 Å². The van der Waals surface area contributed by atoms with E-state index >= 15 is 0 Å². The summed E-state index contributed by atoms with van der Waals surface area (Å²) in [6.07, 6.45) is 0. The maximum absolute atomic E-state index is 13.3. The van der Waals surface area contributed by atoms with Gasteiger partial charge in [-0.05, 0) is 55.8 Å². The van der Waals surface area contributed by atoms with Crippen molar-refractivity contribution in [2.24, 2.45) is 0 Å². The molecule has 0 spiro atoms. The SMILES string of the molecule is CCN(CC)C(=O)c1ccc(C#N)cc1Oc1nc(NCc2ccccc2)c([N+](=O)[O-])c(Oc2cccc(C(=O)N(C)C)c2)n1. The molecule has 4 rings (SSSR count). The summed E-state index contributed by atoms with van der Waals surface area (Å²) in [5, 5.41) is 24.8. The van der Waals surface area contributed by atoms with Crippen molar-refractivity contribution in [2.45, 2.75) is 20.4 Å². The maximum Gasteiger partial charge on any atom is 0.373 e. The van der Waals surface area contributed by atoms with Crippen LogP contribution in [0.4, 0.5) is 11.5 Å². The summed E-state index contributed by atoms with van der Waals surface area (Å²) >= 11 is 0. The van der Waals surface area contributed by atoms with Gasteiger partial charge in [0.1, 0.15) is 11.5 Å². The van der Waals surface area contributed by atoms with Crippen LogP contribution in [0.15, 0.2) is 72.8 Å². The van der Waals surface area contributed by atoms with Crippen LogP contribution < -0.4 is 14.8 Å². The molecule has 0 bridgehead atoms. The zero-order chi connectivity index (χ0) is 32.5. The molecule has 13 nitrogen and oxygen atoms in total. The molecule has 4 aromatic rings. The van der Waals surface area contributed by atoms with Gasteiger partial charge in [-0.2, -0.15) is 15.2 Å². The van der Waals surface area contributed by atoms with E-state index in [0.29, 0.717) is 18.7 Å². The zero-order valence-electron chi connectivity index (χ0n) is 25.2. The van der Waals surface area contributed by atoms with Gasteiger partial charge in [-0.1, -0.05) is 36.4 Å². The molecule has 0 fully saturated rings. The van der Waals surface area contributed by atoms with Crippen LogP contribution in [0.3, 0.4) is 0 Å². The second kappa shape index (κ2) is 14.4. The van der Waals surface area contributed by atoms with E-state index in [-0.39, 0.29) is 52.8 Å². The van der Waals surface area contributed by atoms with Crippen molar-refractivity contribution >= 4 is 23.3 Å². The van der Waals surface area contributed by atoms with Gasteiger partial charge in [0, 0.05) is 39.3 Å². The third kappa shape index (κ3) is 7.68. The highest BCUT2D eigenvalue weighted by molar-refractivity contribution is 5.97. The fourth-order valence-corrected chi connectivity index (χ4v) is 4.30.